The third-order valence-corrected chi connectivity index (χ3v) is 2.37. The quantitative estimate of drug-likeness (QED) is 0.324. The Kier molecular flexibility index (Phi) is 6.54. The molecule has 0 saturated heterocycles. The van der Waals surface area contributed by atoms with Crippen LogP contribution in [0.15, 0.2) is 24.3 Å². The van der Waals surface area contributed by atoms with E-state index in [9.17, 15) is 14.2 Å². The van der Waals surface area contributed by atoms with E-state index in [0.29, 0.717) is 0 Å². The Labute approximate surface area is 105 Å². The van der Waals surface area contributed by atoms with E-state index in [1.807, 2.05) is 0 Å². The SMILES string of the molecule is C=C(C)C(=O)OCCOP(=O)(O)OC(=O)C(=C)C. The first-order valence-electron chi connectivity index (χ1n) is 4.85. The van der Waals surface area contributed by atoms with Gasteiger partial charge in [0.2, 0.25) is 0 Å². The van der Waals surface area contributed by atoms with Gasteiger partial charge in [-0.1, -0.05) is 13.2 Å². The fraction of sp³-hybridized carbons (Fsp3) is 0.400. The summed E-state index contributed by atoms with van der Waals surface area (Å²) in [7, 11) is -4.51. The zero-order valence-electron chi connectivity index (χ0n) is 10.2. The second kappa shape index (κ2) is 7.10. The minimum absolute atomic E-state index is 0.0402. The smallest absolute Gasteiger partial charge is 0.460 e. The van der Waals surface area contributed by atoms with Crippen LogP contribution in [0.4, 0.5) is 0 Å². The molecule has 1 N–H and O–H groups in total. The van der Waals surface area contributed by atoms with Crippen LogP contribution in [0, 0.1) is 0 Å². The van der Waals surface area contributed by atoms with Crippen LogP contribution in [0.2, 0.25) is 0 Å². The lowest BCUT2D eigenvalue weighted by Gasteiger charge is -2.11. The van der Waals surface area contributed by atoms with E-state index in [0.717, 1.165) is 0 Å². The number of esters is 1. The third-order valence-electron chi connectivity index (χ3n) is 1.47. The van der Waals surface area contributed by atoms with E-state index in [4.69, 9.17) is 4.89 Å². The first kappa shape index (κ1) is 16.6. The number of hydrogen-bond donors (Lipinski definition) is 1. The number of hydrogen-bond acceptors (Lipinski definition) is 6. The standard InChI is InChI=1S/C10H15O7P/c1-7(2)9(11)15-5-6-16-18(13,14)17-10(12)8(3)4/h1,3,5-6H2,2,4H3,(H,13,14). The highest BCUT2D eigenvalue weighted by molar-refractivity contribution is 7.48. The van der Waals surface area contributed by atoms with Crippen molar-refractivity contribution in [3.8, 4) is 0 Å². The molecule has 102 valence electrons. The molecular formula is C10H15O7P. The van der Waals surface area contributed by atoms with E-state index >= 15 is 0 Å². The van der Waals surface area contributed by atoms with E-state index in [2.05, 4.69) is 26.9 Å². The van der Waals surface area contributed by atoms with Crippen LogP contribution < -0.4 is 0 Å². The van der Waals surface area contributed by atoms with Gasteiger partial charge in [0.15, 0.2) is 0 Å². The van der Waals surface area contributed by atoms with Crippen LogP contribution in [0.25, 0.3) is 0 Å². The summed E-state index contributed by atoms with van der Waals surface area (Å²) >= 11 is 0. The van der Waals surface area contributed by atoms with Gasteiger partial charge in [0.1, 0.15) is 6.61 Å². The molecule has 7 nitrogen and oxygen atoms in total. The van der Waals surface area contributed by atoms with Gasteiger partial charge in [0.25, 0.3) is 0 Å². The van der Waals surface area contributed by atoms with Crippen molar-refractivity contribution in [3.05, 3.63) is 24.3 Å². The summed E-state index contributed by atoms with van der Waals surface area (Å²) in [5.74, 6) is -1.69. The molecule has 0 aliphatic carbocycles. The average molecular weight is 278 g/mol. The van der Waals surface area contributed by atoms with Crippen molar-refractivity contribution in [2.75, 3.05) is 13.2 Å². The fourth-order valence-corrected chi connectivity index (χ4v) is 1.34. The van der Waals surface area contributed by atoms with Crippen molar-refractivity contribution in [1.29, 1.82) is 0 Å². The lowest BCUT2D eigenvalue weighted by molar-refractivity contribution is -0.140. The maximum absolute atomic E-state index is 11.2. The molecule has 18 heavy (non-hydrogen) atoms. The maximum Gasteiger partial charge on any atom is 0.529 e. The predicted octanol–water partition coefficient (Wildman–Crippen LogP) is 1.34. The molecule has 0 aromatic carbocycles. The minimum Gasteiger partial charge on any atom is -0.460 e. The molecule has 0 bridgehead atoms. The van der Waals surface area contributed by atoms with Gasteiger partial charge in [-0.25, -0.2) is 14.2 Å². The number of phosphoric acid groups is 1. The Bertz CT molecular complexity index is 412. The van der Waals surface area contributed by atoms with Gasteiger partial charge < -0.3 is 9.26 Å². The molecule has 0 radical (unpaired) electrons. The van der Waals surface area contributed by atoms with Gasteiger partial charge in [0.05, 0.1) is 6.61 Å². The van der Waals surface area contributed by atoms with Crippen molar-refractivity contribution in [3.63, 3.8) is 0 Å². The average Bonchev–Trinajstić information content (AvgIpc) is 2.23. The van der Waals surface area contributed by atoms with Crippen LogP contribution >= 0.6 is 7.82 Å². The van der Waals surface area contributed by atoms with E-state index in [-0.39, 0.29) is 17.8 Å². The summed E-state index contributed by atoms with van der Waals surface area (Å²) in [5.41, 5.74) is 0.150. The highest BCUT2D eigenvalue weighted by Gasteiger charge is 2.26. The molecule has 0 saturated carbocycles. The number of carbonyl (C=O) groups is 2. The Hall–Kier alpha value is -1.43. The van der Waals surface area contributed by atoms with Gasteiger partial charge in [-0.2, -0.15) is 0 Å². The summed E-state index contributed by atoms with van der Waals surface area (Å²) in [4.78, 5) is 31.0. The van der Waals surface area contributed by atoms with Crippen LogP contribution in [-0.4, -0.2) is 30.0 Å². The highest BCUT2D eigenvalue weighted by Crippen LogP contribution is 2.43. The first-order chi connectivity index (χ1) is 8.15. The largest absolute Gasteiger partial charge is 0.529 e. The van der Waals surface area contributed by atoms with Gasteiger partial charge in [-0.15, -0.1) is 0 Å². The molecular weight excluding hydrogens is 263 g/mol. The van der Waals surface area contributed by atoms with Crippen LogP contribution in [0.1, 0.15) is 13.8 Å². The molecule has 0 aromatic heterocycles. The minimum atomic E-state index is -4.51. The van der Waals surface area contributed by atoms with Crippen molar-refractivity contribution in [1.82, 2.24) is 0 Å². The van der Waals surface area contributed by atoms with Gasteiger partial charge in [0, 0.05) is 11.1 Å². The van der Waals surface area contributed by atoms with Gasteiger partial charge in [-0.3, -0.25) is 9.42 Å². The normalized spacial score (nSPS) is 13.3. The maximum atomic E-state index is 11.2. The van der Waals surface area contributed by atoms with Crippen LogP contribution in [-0.2, 0) is 27.9 Å². The lowest BCUT2D eigenvalue weighted by Crippen LogP contribution is -2.12. The Morgan fingerprint density at radius 3 is 2.06 bits per heavy atom. The molecule has 0 aromatic rings. The van der Waals surface area contributed by atoms with Crippen LogP contribution in [0.5, 0.6) is 0 Å². The molecule has 1 atom stereocenters. The highest BCUT2D eigenvalue weighted by atomic mass is 31.2. The lowest BCUT2D eigenvalue weighted by atomic mass is 10.4. The molecule has 0 aliphatic rings. The molecule has 0 aliphatic heterocycles. The fourth-order valence-electron chi connectivity index (χ4n) is 0.619. The first-order valence-corrected chi connectivity index (χ1v) is 6.34. The topological polar surface area (TPSA) is 99.1 Å². The van der Waals surface area contributed by atoms with Crippen molar-refractivity contribution >= 4 is 19.8 Å². The second-order valence-corrected chi connectivity index (χ2v) is 4.75. The molecule has 0 spiro atoms. The zero-order chi connectivity index (χ0) is 14.3. The molecule has 0 heterocycles. The van der Waals surface area contributed by atoms with E-state index in [1.54, 1.807) is 0 Å². The Balaban J connectivity index is 4.02. The number of carbonyl (C=O) groups excluding carboxylic acids is 2. The summed E-state index contributed by atoms with van der Waals surface area (Å²) in [6, 6.07) is 0. The molecule has 0 fully saturated rings. The molecule has 0 rings (SSSR count). The van der Waals surface area contributed by atoms with E-state index in [1.165, 1.54) is 13.8 Å². The third kappa shape index (κ3) is 7.01. The van der Waals surface area contributed by atoms with Gasteiger partial charge >= 0.3 is 19.8 Å². The second-order valence-electron chi connectivity index (χ2n) is 3.38. The van der Waals surface area contributed by atoms with Crippen molar-refractivity contribution in [2.45, 2.75) is 13.8 Å². The predicted molar refractivity (Wildman–Crippen MR) is 62.5 cm³/mol. The van der Waals surface area contributed by atoms with Gasteiger partial charge in [-0.05, 0) is 13.8 Å². The van der Waals surface area contributed by atoms with E-state index < -0.39 is 26.4 Å². The Morgan fingerprint density at radius 1 is 1.11 bits per heavy atom. The molecule has 1 unspecified atom stereocenters. The monoisotopic (exact) mass is 278 g/mol. The summed E-state index contributed by atoms with van der Waals surface area (Å²) in [6.07, 6.45) is 0. The van der Waals surface area contributed by atoms with Crippen molar-refractivity contribution in [2.24, 2.45) is 0 Å². The summed E-state index contributed by atoms with van der Waals surface area (Å²) in [6.45, 7) is 8.69. The Morgan fingerprint density at radius 2 is 1.61 bits per heavy atom. The molecule has 8 heteroatoms. The summed E-state index contributed by atoms with van der Waals surface area (Å²) in [5, 5.41) is 0. The number of phosphoric ester groups is 1. The summed E-state index contributed by atoms with van der Waals surface area (Å²) < 4.78 is 24.3. The number of rotatable bonds is 7. The van der Waals surface area contributed by atoms with Crippen molar-refractivity contribution < 1.29 is 32.8 Å². The zero-order valence-corrected chi connectivity index (χ0v) is 11.1. The number of ether oxygens (including phenoxy) is 1. The molecule has 0 amide bonds. The van der Waals surface area contributed by atoms with Crippen LogP contribution in [0.3, 0.4) is 0 Å².